The Bertz CT molecular complexity index is 2190. The number of rotatable bonds is 8. The fraction of sp³-hybridized carbons (Fsp3) is 0.0541. The van der Waals surface area contributed by atoms with Crippen LogP contribution >= 0.6 is 0 Å². The van der Waals surface area contributed by atoms with Crippen molar-refractivity contribution < 1.29 is 18.7 Å². The number of fused-ring (bicyclic) bond motifs is 2. The number of carbonyl (C=O) groups is 2. The number of amides is 2. The minimum Gasteiger partial charge on any atom is -0.267 e. The largest absolute Gasteiger partial charge is 0.286 e. The number of imidazole rings is 2. The van der Waals surface area contributed by atoms with Crippen LogP contribution in [0.1, 0.15) is 31.8 Å². The van der Waals surface area contributed by atoms with E-state index in [1.807, 2.05) is 99.3 Å². The molecule has 5 heterocycles. The van der Waals surface area contributed by atoms with Crippen molar-refractivity contribution in [1.82, 2.24) is 24.6 Å². The van der Waals surface area contributed by atoms with Crippen LogP contribution < -0.4 is 20.0 Å². The lowest BCUT2D eigenvalue weighted by Crippen LogP contribution is -2.29. The molecular formula is C37H31N9O2+2. The number of nitrogens with zero attached hydrogens (tertiary/aromatic N) is 7. The second-order valence-electron chi connectivity index (χ2n) is 11.2. The van der Waals surface area contributed by atoms with Crippen molar-refractivity contribution in [3.63, 3.8) is 0 Å². The predicted molar refractivity (Wildman–Crippen MR) is 182 cm³/mol. The lowest BCUT2D eigenvalue weighted by Gasteiger charge is -2.03. The summed E-state index contributed by atoms with van der Waals surface area (Å²) in [5.74, 6) is -0.990. The van der Waals surface area contributed by atoms with E-state index in [1.54, 1.807) is 12.4 Å². The van der Waals surface area contributed by atoms with Gasteiger partial charge in [0.15, 0.2) is 11.4 Å². The summed E-state index contributed by atoms with van der Waals surface area (Å²) in [6.45, 7) is 0. The molecule has 0 spiro atoms. The lowest BCUT2D eigenvalue weighted by atomic mass is 10.1. The Kier molecular flexibility index (Phi) is 8.06. The molecule has 0 saturated heterocycles. The maximum absolute atomic E-state index is 12.7. The molecule has 0 fully saturated rings. The number of carbonyl (C=O) groups excluding carboxylic acids is 2. The number of pyridine rings is 3. The molecule has 0 aliphatic heterocycles. The summed E-state index contributed by atoms with van der Waals surface area (Å²) in [6, 6.07) is 29.3. The summed E-state index contributed by atoms with van der Waals surface area (Å²) >= 11 is 0. The summed E-state index contributed by atoms with van der Waals surface area (Å²) in [6.07, 6.45) is 14.1. The van der Waals surface area contributed by atoms with Crippen molar-refractivity contribution in [3.8, 4) is 22.5 Å². The Hall–Kier alpha value is -6.75. The quantitative estimate of drug-likeness (QED) is 0.149. The Balaban J connectivity index is 0.940. The van der Waals surface area contributed by atoms with E-state index in [9.17, 15) is 9.59 Å². The van der Waals surface area contributed by atoms with Gasteiger partial charge in [0.25, 0.3) is 23.1 Å². The summed E-state index contributed by atoms with van der Waals surface area (Å²) in [4.78, 5) is 29.5. The van der Waals surface area contributed by atoms with Crippen LogP contribution in [-0.2, 0) is 14.1 Å². The lowest BCUT2D eigenvalue weighted by molar-refractivity contribution is -0.633. The molecule has 5 aromatic heterocycles. The molecule has 11 nitrogen and oxygen atoms in total. The summed E-state index contributed by atoms with van der Waals surface area (Å²) in [7, 11) is 4.06. The van der Waals surface area contributed by atoms with E-state index >= 15 is 0 Å². The van der Waals surface area contributed by atoms with Crippen LogP contribution in [0.25, 0.3) is 33.8 Å². The summed E-state index contributed by atoms with van der Waals surface area (Å²) in [5.41, 5.74) is 13.4. The van der Waals surface area contributed by atoms with E-state index in [0.29, 0.717) is 0 Å². The molecule has 0 saturated carbocycles. The van der Waals surface area contributed by atoms with Gasteiger partial charge in [0.1, 0.15) is 12.4 Å². The molecule has 234 valence electrons. The number of aryl methyl sites for hydroxylation is 2. The molecule has 0 unspecified atom stereocenters. The van der Waals surface area contributed by atoms with E-state index in [1.165, 1.54) is 18.5 Å². The first kappa shape index (κ1) is 29.9. The van der Waals surface area contributed by atoms with Gasteiger partial charge in [-0.1, -0.05) is 36.4 Å². The molecule has 0 aliphatic rings. The molecule has 0 aliphatic carbocycles. The van der Waals surface area contributed by atoms with Crippen LogP contribution in [0.5, 0.6) is 0 Å². The first-order chi connectivity index (χ1) is 23.4. The van der Waals surface area contributed by atoms with Gasteiger partial charge in [0.2, 0.25) is 0 Å². The van der Waals surface area contributed by atoms with E-state index < -0.39 is 11.8 Å². The third-order valence-corrected chi connectivity index (χ3v) is 8.10. The monoisotopic (exact) mass is 633 g/mol. The zero-order chi connectivity index (χ0) is 33.0. The molecule has 0 radical (unpaired) electrons. The van der Waals surface area contributed by atoms with Crippen LogP contribution in [0.3, 0.4) is 0 Å². The zero-order valence-electron chi connectivity index (χ0n) is 26.2. The van der Waals surface area contributed by atoms with E-state index in [0.717, 1.165) is 44.9 Å². The highest BCUT2D eigenvalue weighted by Gasteiger charge is 2.16. The Morgan fingerprint density at radius 1 is 0.646 bits per heavy atom. The number of aromatic nitrogens is 5. The van der Waals surface area contributed by atoms with Gasteiger partial charge in [-0.05, 0) is 53.6 Å². The maximum atomic E-state index is 12.7. The normalized spacial score (nSPS) is 11.5. The molecule has 11 heteroatoms. The average molecular weight is 634 g/mol. The van der Waals surface area contributed by atoms with Crippen LogP contribution in [0.2, 0.25) is 0 Å². The molecule has 48 heavy (non-hydrogen) atoms. The minimum absolute atomic E-state index is 0.189. The topological polar surface area (TPSA) is 112 Å². The van der Waals surface area contributed by atoms with Gasteiger partial charge in [0.05, 0.1) is 50.0 Å². The molecule has 2 N–H and O–H groups in total. The summed E-state index contributed by atoms with van der Waals surface area (Å²) in [5, 5.41) is 8.17. The van der Waals surface area contributed by atoms with Gasteiger partial charge in [-0.15, -0.1) is 0 Å². The highest BCUT2D eigenvalue weighted by Crippen LogP contribution is 2.19. The third-order valence-electron chi connectivity index (χ3n) is 8.10. The van der Waals surface area contributed by atoms with Gasteiger partial charge < -0.3 is 0 Å². The second-order valence-corrected chi connectivity index (χ2v) is 11.2. The van der Waals surface area contributed by atoms with Crippen LogP contribution in [0.4, 0.5) is 0 Å². The van der Waals surface area contributed by atoms with Crippen molar-refractivity contribution in [1.29, 1.82) is 0 Å². The Morgan fingerprint density at radius 3 is 1.50 bits per heavy atom. The van der Waals surface area contributed by atoms with E-state index in [-0.39, 0.29) is 11.1 Å². The Morgan fingerprint density at radius 2 is 1.08 bits per heavy atom. The number of hydrogen-bond acceptors (Lipinski definition) is 5. The minimum atomic E-state index is -0.495. The van der Waals surface area contributed by atoms with Gasteiger partial charge in [-0.2, -0.15) is 10.2 Å². The first-order valence-corrected chi connectivity index (χ1v) is 15.2. The van der Waals surface area contributed by atoms with Gasteiger partial charge in [-0.3, -0.25) is 14.6 Å². The number of nitrogens with one attached hydrogen (secondary N) is 2. The second kappa shape index (κ2) is 12.9. The van der Waals surface area contributed by atoms with Crippen molar-refractivity contribution in [2.24, 2.45) is 24.3 Å². The standard InChI is InChI=1S/C37H29N9O2/c1-43-32(24-45-17-5-3-7-34(43)45)28-13-9-26(10-14-28)20-39-41-36(47)30-19-31(23-38-22-30)37(48)42-40-21-27-11-15-29(16-12-27)33-25-46-18-6-4-8-35(46)44(33)2/h3-25H,1-2H3/p+2/b39-20-,40-21+. The Labute approximate surface area is 275 Å². The maximum Gasteiger partial charge on any atom is 0.286 e. The fourth-order valence-corrected chi connectivity index (χ4v) is 5.53. The number of hydrazone groups is 2. The number of benzene rings is 2. The zero-order valence-corrected chi connectivity index (χ0v) is 26.2. The van der Waals surface area contributed by atoms with E-state index in [2.05, 4.69) is 68.5 Å². The predicted octanol–water partition coefficient (Wildman–Crippen LogP) is 4.10. The molecule has 2 aromatic carbocycles. The first-order valence-electron chi connectivity index (χ1n) is 15.2. The molecule has 7 rings (SSSR count). The van der Waals surface area contributed by atoms with Crippen molar-refractivity contribution in [3.05, 3.63) is 150 Å². The average Bonchev–Trinajstić information content (AvgIpc) is 3.65. The molecule has 7 aromatic rings. The summed E-state index contributed by atoms with van der Waals surface area (Å²) < 4.78 is 8.41. The van der Waals surface area contributed by atoms with E-state index in [4.69, 9.17) is 0 Å². The smallest absolute Gasteiger partial charge is 0.267 e. The highest BCUT2D eigenvalue weighted by molar-refractivity contribution is 5.99. The highest BCUT2D eigenvalue weighted by atomic mass is 16.2. The third kappa shape index (κ3) is 6.07. The fourth-order valence-electron chi connectivity index (χ4n) is 5.53. The number of hydrogen-bond donors (Lipinski definition) is 2. The van der Waals surface area contributed by atoms with Gasteiger partial charge >= 0.3 is 0 Å². The molecular weight excluding hydrogens is 602 g/mol. The SMILES string of the molecule is C[n+]1c(-c2ccc(/C=N\NC(=O)c3cncc(C(=O)N/N=C/c4ccc(-c5cn6ccccc6[n+]5C)cc4)c3)cc2)cn2ccccc21. The molecule has 0 bridgehead atoms. The molecule has 0 atom stereocenters. The van der Waals surface area contributed by atoms with Crippen molar-refractivity contribution >= 4 is 35.5 Å². The molecule has 2 amide bonds. The van der Waals surface area contributed by atoms with Crippen LogP contribution in [0, 0.1) is 0 Å². The van der Waals surface area contributed by atoms with Gasteiger partial charge in [-0.25, -0.2) is 28.8 Å². The van der Waals surface area contributed by atoms with Crippen molar-refractivity contribution in [2.45, 2.75) is 0 Å². The van der Waals surface area contributed by atoms with Crippen LogP contribution in [0.15, 0.2) is 138 Å². The van der Waals surface area contributed by atoms with Crippen LogP contribution in [-0.4, -0.2) is 38.0 Å². The van der Waals surface area contributed by atoms with Crippen molar-refractivity contribution in [2.75, 3.05) is 0 Å². The van der Waals surface area contributed by atoms with Gasteiger partial charge in [0, 0.05) is 35.7 Å².